The molecule has 1 heterocycles. The third kappa shape index (κ3) is 4.55. The van der Waals surface area contributed by atoms with Crippen LogP contribution in [0.15, 0.2) is 22.7 Å². The number of amides is 1. The zero-order valence-corrected chi connectivity index (χ0v) is 16.4. The van der Waals surface area contributed by atoms with Crippen LogP contribution < -0.4 is 5.32 Å². The van der Waals surface area contributed by atoms with E-state index in [1.807, 2.05) is 47.6 Å². The molecule has 134 valence electrons. The van der Waals surface area contributed by atoms with E-state index < -0.39 is 16.8 Å². The first-order valence-corrected chi connectivity index (χ1v) is 8.51. The van der Waals surface area contributed by atoms with Crippen molar-refractivity contribution in [3.63, 3.8) is 0 Å². The van der Waals surface area contributed by atoms with Gasteiger partial charge in [-0.05, 0) is 53.7 Å². The molecule has 7 heteroatoms. The SMILES string of the molecule is CC(C)(C)OOCC1(OOC(C)(C)C)C(=O)Nc2cc(Br)ccc21. The Hall–Kier alpha value is -0.990. The Kier molecular flexibility index (Phi) is 5.42. The lowest BCUT2D eigenvalue weighted by Crippen LogP contribution is -2.44. The Balaban J connectivity index is 2.31. The standard InChI is InChI=1S/C17H24BrNO5/c1-15(2,3)22-21-10-17(24-23-16(4,5)6)12-8-7-11(18)9-13(12)19-14(17)20/h7-9H,10H2,1-6H3,(H,19,20). The molecular weight excluding hydrogens is 378 g/mol. The van der Waals surface area contributed by atoms with Gasteiger partial charge in [0.05, 0.1) is 11.2 Å². The third-order valence-electron chi connectivity index (χ3n) is 3.04. The van der Waals surface area contributed by atoms with Gasteiger partial charge in [-0.3, -0.25) is 4.79 Å². The summed E-state index contributed by atoms with van der Waals surface area (Å²) in [6.45, 7) is 10.9. The lowest BCUT2D eigenvalue weighted by atomic mass is 9.96. The minimum Gasteiger partial charge on any atom is -0.323 e. The molecule has 0 saturated carbocycles. The van der Waals surface area contributed by atoms with Crippen molar-refractivity contribution < 1.29 is 24.3 Å². The van der Waals surface area contributed by atoms with E-state index in [4.69, 9.17) is 19.6 Å². The first-order chi connectivity index (χ1) is 10.9. The smallest absolute Gasteiger partial charge is 0.267 e. The number of benzene rings is 1. The van der Waals surface area contributed by atoms with E-state index in [0.717, 1.165) is 4.47 Å². The Morgan fingerprint density at radius 3 is 2.29 bits per heavy atom. The second-order valence-electron chi connectivity index (χ2n) is 7.71. The zero-order valence-electron chi connectivity index (χ0n) is 14.9. The summed E-state index contributed by atoms with van der Waals surface area (Å²) in [7, 11) is 0. The van der Waals surface area contributed by atoms with Gasteiger partial charge in [0.2, 0.25) is 5.60 Å². The van der Waals surface area contributed by atoms with E-state index in [0.29, 0.717) is 11.3 Å². The molecule has 2 rings (SSSR count). The van der Waals surface area contributed by atoms with Crippen molar-refractivity contribution in [1.29, 1.82) is 0 Å². The van der Waals surface area contributed by atoms with Gasteiger partial charge in [0.1, 0.15) is 6.61 Å². The van der Waals surface area contributed by atoms with Gasteiger partial charge in [-0.15, -0.1) is 0 Å². The Bertz CT molecular complexity index is 620. The predicted molar refractivity (Wildman–Crippen MR) is 93.2 cm³/mol. The molecule has 0 bridgehead atoms. The minimum absolute atomic E-state index is 0.138. The van der Waals surface area contributed by atoms with Gasteiger partial charge in [0.25, 0.3) is 5.91 Å². The topological polar surface area (TPSA) is 66.0 Å². The van der Waals surface area contributed by atoms with Gasteiger partial charge in [-0.25, -0.2) is 19.6 Å². The first kappa shape index (κ1) is 19.3. The summed E-state index contributed by atoms with van der Waals surface area (Å²) in [5.41, 5.74) is -1.25. The van der Waals surface area contributed by atoms with Crippen molar-refractivity contribution in [3.8, 4) is 0 Å². The van der Waals surface area contributed by atoms with Crippen molar-refractivity contribution >= 4 is 27.5 Å². The summed E-state index contributed by atoms with van der Waals surface area (Å²) in [6.07, 6.45) is 0. The van der Waals surface area contributed by atoms with Crippen molar-refractivity contribution in [1.82, 2.24) is 0 Å². The van der Waals surface area contributed by atoms with Crippen LogP contribution in [0.4, 0.5) is 5.69 Å². The number of hydrogen-bond donors (Lipinski definition) is 1. The number of nitrogens with one attached hydrogen (secondary N) is 1. The fourth-order valence-corrected chi connectivity index (χ4v) is 2.41. The van der Waals surface area contributed by atoms with E-state index in [9.17, 15) is 4.79 Å². The van der Waals surface area contributed by atoms with Crippen LogP contribution in [-0.4, -0.2) is 23.7 Å². The second kappa shape index (κ2) is 6.72. The van der Waals surface area contributed by atoms with Crippen LogP contribution in [0.25, 0.3) is 0 Å². The zero-order chi connectivity index (χ0) is 18.2. The summed E-state index contributed by atoms with van der Waals surface area (Å²) in [4.78, 5) is 34.4. The molecule has 0 fully saturated rings. The fraction of sp³-hybridized carbons (Fsp3) is 0.588. The highest BCUT2D eigenvalue weighted by atomic mass is 79.9. The summed E-state index contributed by atoms with van der Waals surface area (Å²) in [6, 6.07) is 5.43. The molecule has 1 aliphatic heterocycles. The maximum Gasteiger partial charge on any atom is 0.267 e. The quantitative estimate of drug-likeness (QED) is 0.594. The molecule has 0 saturated heterocycles. The Morgan fingerprint density at radius 2 is 1.71 bits per heavy atom. The van der Waals surface area contributed by atoms with Crippen LogP contribution in [0.1, 0.15) is 47.1 Å². The fourth-order valence-electron chi connectivity index (χ4n) is 2.05. The molecule has 24 heavy (non-hydrogen) atoms. The number of rotatable bonds is 5. The molecule has 1 atom stereocenters. The normalized spacial score (nSPS) is 20.9. The van der Waals surface area contributed by atoms with Crippen molar-refractivity contribution in [2.24, 2.45) is 0 Å². The van der Waals surface area contributed by atoms with E-state index in [1.165, 1.54) is 0 Å². The number of fused-ring (bicyclic) bond motifs is 1. The number of carbonyl (C=O) groups excluding carboxylic acids is 1. The second-order valence-corrected chi connectivity index (χ2v) is 8.62. The average molecular weight is 402 g/mol. The molecule has 0 radical (unpaired) electrons. The maximum atomic E-state index is 12.7. The highest BCUT2D eigenvalue weighted by Crippen LogP contribution is 2.41. The molecule has 1 aromatic rings. The van der Waals surface area contributed by atoms with Gasteiger partial charge in [0, 0.05) is 15.7 Å². The molecule has 0 aliphatic carbocycles. The van der Waals surface area contributed by atoms with Crippen LogP contribution >= 0.6 is 15.9 Å². The van der Waals surface area contributed by atoms with Gasteiger partial charge >= 0.3 is 0 Å². The average Bonchev–Trinajstić information content (AvgIpc) is 2.66. The van der Waals surface area contributed by atoms with Crippen LogP contribution in [0, 0.1) is 0 Å². The van der Waals surface area contributed by atoms with Crippen molar-refractivity contribution in [2.45, 2.75) is 58.3 Å². The lowest BCUT2D eigenvalue weighted by Gasteiger charge is -2.30. The van der Waals surface area contributed by atoms with Gasteiger partial charge in [-0.2, -0.15) is 0 Å². The lowest BCUT2D eigenvalue weighted by molar-refractivity contribution is -0.431. The molecule has 6 nitrogen and oxygen atoms in total. The van der Waals surface area contributed by atoms with Crippen molar-refractivity contribution in [3.05, 3.63) is 28.2 Å². The van der Waals surface area contributed by atoms with Gasteiger partial charge < -0.3 is 5.32 Å². The number of halogens is 1. The first-order valence-electron chi connectivity index (χ1n) is 7.72. The largest absolute Gasteiger partial charge is 0.323 e. The van der Waals surface area contributed by atoms with E-state index in [-0.39, 0.29) is 12.5 Å². The maximum absolute atomic E-state index is 12.7. The molecular formula is C17H24BrNO5. The van der Waals surface area contributed by atoms with Crippen LogP contribution in [0.2, 0.25) is 0 Å². The highest BCUT2D eigenvalue weighted by molar-refractivity contribution is 9.10. The summed E-state index contributed by atoms with van der Waals surface area (Å²) in [5, 5.41) is 2.80. The van der Waals surface area contributed by atoms with Crippen LogP contribution in [0.5, 0.6) is 0 Å². The molecule has 0 spiro atoms. The summed E-state index contributed by atoms with van der Waals surface area (Å²) in [5.74, 6) is -0.364. The number of anilines is 1. The predicted octanol–water partition coefficient (Wildman–Crippen LogP) is 4.09. The summed E-state index contributed by atoms with van der Waals surface area (Å²) < 4.78 is 0.848. The third-order valence-corrected chi connectivity index (χ3v) is 3.53. The minimum atomic E-state index is -1.44. The van der Waals surface area contributed by atoms with Crippen LogP contribution in [-0.2, 0) is 29.9 Å². The van der Waals surface area contributed by atoms with E-state index in [2.05, 4.69) is 21.2 Å². The molecule has 1 aliphatic rings. The molecule has 1 N–H and O–H groups in total. The number of carbonyl (C=O) groups is 1. The molecule has 1 amide bonds. The summed E-state index contributed by atoms with van der Waals surface area (Å²) >= 11 is 3.39. The molecule has 1 unspecified atom stereocenters. The van der Waals surface area contributed by atoms with Crippen LogP contribution in [0.3, 0.4) is 0 Å². The Morgan fingerprint density at radius 1 is 1.08 bits per heavy atom. The Labute approximate surface area is 150 Å². The monoisotopic (exact) mass is 401 g/mol. The highest BCUT2D eigenvalue weighted by Gasteiger charge is 2.51. The molecule has 1 aromatic carbocycles. The van der Waals surface area contributed by atoms with Crippen molar-refractivity contribution in [2.75, 3.05) is 11.9 Å². The van der Waals surface area contributed by atoms with Gasteiger partial charge in [0.15, 0.2) is 0 Å². The van der Waals surface area contributed by atoms with E-state index in [1.54, 1.807) is 12.1 Å². The van der Waals surface area contributed by atoms with E-state index >= 15 is 0 Å². The van der Waals surface area contributed by atoms with Gasteiger partial charge in [-0.1, -0.05) is 22.0 Å². The number of hydrogen-bond acceptors (Lipinski definition) is 5. The molecule has 0 aromatic heterocycles.